The van der Waals surface area contributed by atoms with Crippen molar-refractivity contribution in [1.82, 2.24) is 4.90 Å². The molecule has 2 bridgehead atoms. The molecule has 4 fully saturated rings. The lowest BCUT2D eigenvalue weighted by molar-refractivity contribution is -0.177. The summed E-state index contributed by atoms with van der Waals surface area (Å²) in [5, 5.41) is 10.9. The van der Waals surface area contributed by atoms with E-state index in [1.807, 2.05) is 6.07 Å². The zero-order chi connectivity index (χ0) is 31.1. The first kappa shape index (κ1) is 29.1. The Balaban J connectivity index is 1.02. The molecular formula is C38H41NO6S. The van der Waals surface area contributed by atoms with Crippen molar-refractivity contribution in [3.63, 3.8) is 0 Å². The Hall–Kier alpha value is -3.04. The lowest BCUT2D eigenvalue weighted by Crippen LogP contribution is -2.77. The molecule has 6 aliphatic rings. The summed E-state index contributed by atoms with van der Waals surface area (Å²) in [4.78, 5) is 16.1. The van der Waals surface area contributed by atoms with E-state index < -0.39 is 28.5 Å². The molecule has 46 heavy (non-hydrogen) atoms. The number of ether oxygens (including phenoxy) is 1. The molecule has 0 radical (unpaired) electrons. The summed E-state index contributed by atoms with van der Waals surface area (Å²) >= 11 is -2.02. The number of carbonyl (C=O) groups excluding carboxylic acids is 1. The number of benzene rings is 3. The standard InChI is InChI=1S/C38H41NO6S/c40-30-14-13-26-23-32-38(20-17-31(41)35-37(38,33(26)34(30)43-35)21-22-39(32)24-25-11-12-25)45-46(42)44-29-15-18-36(19-16-29,27-7-3-1-4-8-27)28-9-5-2-6-10-28/h1-10,13-14,25,29,32,35,40H,11-12,15-24H2. The third kappa shape index (κ3) is 4.19. The second-order valence-electron chi connectivity index (χ2n) is 14.6. The van der Waals surface area contributed by atoms with Crippen LogP contribution in [0.5, 0.6) is 11.5 Å². The van der Waals surface area contributed by atoms with Crippen LogP contribution in [-0.2, 0) is 41.8 Å². The zero-order valence-electron chi connectivity index (χ0n) is 26.1. The minimum absolute atomic E-state index is 0.0363. The van der Waals surface area contributed by atoms with Gasteiger partial charge in [-0.1, -0.05) is 66.7 Å². The maximum atomic E-state index is 14.2. The molecule has 8 heteroatoms. The molecule has 2 aliphatic heterocycles. The summed E-state index contributed by atoms with van der Waals surface area (Å²) in [5.41, 5.74) is 2.78. The van der Waals surface area contributed by atoms with Gasteiger partial charge in [0, 0.05) is 30.0 Å². The van der Waals surface area contributed by atoms with Crippen LogP contribution in [0.25, 0.3) is 0 Å². The van der Waals surface area contributed by atoms with E-state index in [1.165, 1.54) is 24.0 Å². The van der Waals surface area contributed by atoms with Gasteiger partial charge in [0.2, 0.25) is 0 Å². The van der Waals surface area contributed by atoms with Crippen molar-refractivity contribution in [3.8, 4) is 11.5 Å². The van der Waals surface area contributed by atoms with E-state index in [1.54, 1.807) is 6.07 Å². The molecular weight excluding hydrogens is 598 g/mol. The van der Waals surface area contributed by atoms with Crippen molar-refractivity contribution in [2.75, 3.05) is 13.1 Å². The Labute approximate surface area is 273 Å². The van der Waals surface area contributed by atoms with Crippen LogP contribution in [0.15, 0.2) is 72.8 Å². The molecule has 3 saturated carbocycles. The highest BCUT2D eigenvalue weighted by Crippen LogP contribution is 2.66. The maximum absolute atomic E-state index is 14.2. The highest BCUT2D eigenvalue weighted by Gasteiger charge is 2.75. The Morgan fingerprint density at radius 3 is 2.26 bits per heavy atom. The number of nitrogens with zero attached hydrogens (tertiary/aromatic N) is 1. The minimum Gasteiger partial charge on any atom is -0.504 e. The number of likely N-dealkylation sites (tertiary alicyclic amines) is 1. The number of piperidine rings is 1. The van der Waals surface area contributed by atoms with Crippen molar-refractivity contribution in [2.24, 2.45) is 5.92 Å². The summed E-state index contributed by atoms with van der Waals surface area (Å²) in [7, 11) is 0. The Morgan fingerprint density at radius 2 is 1.59 bits per heavy atom. The van der Waals surface area contributed by atoms with Crippen LogP contribution in [0.3, 0.4) is 0 Å². The van der Waals surface area contributed by atoms with Gasteiger partial charge in [-0.3, -0.25) is 18.1 Å². The van der Waals surface area contributed by atoms with Gasteiger partial charge >= 0.3 is 11.4 Å². The number of hydrogen-bond acceptors (Lipinski definition) is 7. The lowest BCUT2D eigenvalue weighted by Gasteiger charge is -2.63. The average Bonchev–Trinajstić information content (AvgIpc) is 3.83. The highest BCUT2D eigenvalue weighted by molar-refractivity contribution is 7.75. The number of phenolic OH excluding ortho intramolecular Hbond substituents is 1. The van der Waals surface area contributed by atoms with Crippen LogP contribution in [0, 0.1) is 5.92 Å². The second kappa shape index (κ2) is 10.7. The fourth-order valence-corrected chi connectivity index (χ4v) is 11.1. The smallest absolute Gasteiger partial charge is 0.305 e. The minimum atomic E-state index is -2.02. The highest BCUT2D eigenvalue weighted by atomic mass is 32.2. The molecule has 3 aromatic carbocycles. The first-order valence-corrected chi connectivity index (χ1v) is 18.1. The van der Waals surface area contributed by atoms with E-state index >= 15 is 0 Å². The van der Waals surface area contributed by atoms with E-state index in [0.717, 1.165) is 49.9 Å². The third-order valence-electron chi connectivity index (χ3n) is 12.4. The third-order valence-corrected chi connectivity index (χ3v) is 13.3. The fourth-order valence-electron chi connectivity index (χ4n) is 10.1. The van der Waals surface area contributed by atoms with Gasteiger partial charge in [-0.05, 0) is 93.0 Å². The van der Waals surface area contributed by atoms with Crippen molar-refractivity contribution in [3.05, 3.63) is 95.1 Å². The van der Waals surface area contributed by atoms with E-state index in [2.05, 4.69) is 65.6 Å². The number of phenols is 1. The lowest BCUT2D eigenvalue weighted by atomic mass is 9.49. The largest absolute Gasteiger partial charge is 0.504 e. The molecule has 1 saturated heterocycles. The van der Waals surface area contributed by atoms with Gasteiger partial charge in [-0.15, -0.1) is 0 Å². The number of ketones is 1. The van der Waals surface area contributed by atoms with Gasteiger partial charge in [0.25, 0.3) is 0 Å². The van der Waals surface area contributed by atoms with Gasteiger partial charge in [-0.25, -0.2) is 0 Å². The number of hydrogen-bond donors (Lipinski definition) is 1. The topological polar surface area (TPSA) is 85.3 Å². The molecule has 1 N–H and O–H groups in total. The molecule has 3 aromatic rings. The molecule has 7 nitrogen and oxygen atoms in total. The van der Waals surface area contributed by atoms with Gasteiger partial charge in [-0.2, -0.15) is 4.21 Å². The van der Waals surface area contributed by atoms with E-state index in [0.29, 0.717) is 37.4 Å². The fraction of sp³-hybridized carbons (Fsp3) is 0.500. The molecule has 5 unspecified atom stereocenters. The molecule has 240 valence electrons. The van der Waals surface area contributed by atoms with Crippen LogP contribution < -0.4 is 4.74 Å². The first-order chi connectivity index (χ1) is 22.4. The van der Waals surface area contributed by atoms with Crippen molar-refractivity contribution in [2.45, 2.75) is 98.9 Å². The van der Waals surface area contributed by atoms with E-state index in [-0.39, 0.29) is 29.1 Å². The normalized spacial score (nSPS) is 32.0. The molecule has 1 spiro atoms. The molecule has 9 rings (SSSR count). The Morgan fingerprint density at radius 1 is 0.891 bits per heavy atom. The van der Waals surface area contributed by atoms with Gasteiger partial charge in [0.05, 0.1) is 11.5 Å². The quantitative estimate of drug-likeness (QED) is 0.320. The molecule has 5 atom stereocenters. The monoisotopic (exact) mass is 639 g/mol. The van der Waals surface area contributed by atoms with Crippen LogP contribution in [-0.4, -0.2) is 56.9 Å². The SMILES string of the molecule is O=C1CCC2(OS(=O)OC3CCC(c4ccccc4)(c4ccccc4)CC3)C3Cc4ccc(O)c5c4C2(CCN3CC2CC2)C1O5. The van der Waals surface area contributed by atoms with Gasteiger partial charge in [0.15, 0.2) is 23.4 Å². The maximum Gasteiger partial charge on any atom is 0.305 e. The number of Topliss-reactive ketones (excluding diaryl/α,β-unsaturated/α-hetero) is 1. The Bertz CT molecular complexity index is 1640. The summed E-state index contributed by atoms with van der Waals surface area (Å²) < 4.78 is 33.7. The van der Waals surface area contributed by atoms with E-state index in [9.17, 15) is 14.1 Å². The van der Waals surface area contributed by atoms with Gasteiger partial charge < -0.3 is 9.84 Å². The number of aromatic hydroxyl groups is 1. The van der Waals surface area contributed by atoms with Crippen LogP contribution >= 0.6 is 0 Å². The van der Waals surface area contributed by atoms with E-state index in [4.69, 9.17) is 13.1 Å². The van der Waals surface area contributed by atoms with Crippen molar-refractivity contribution >= 4 is 17.1 Å². The zero-order valence-corrected chi connectivity index (χ0v) is 26.9. The van der Waals surface area contributed by atoms with Crippen LogP contribution in [0.2, 0.25) is 0 Å². The second-order valence-corrected chi connectivity index (χ2v) is 15.3. The summed E-state index contributed by atoms with van der Waals surface area (Å²) in [5.74, 6) is 1.19. The summed E-state index contributed by atoms with van der Waals surface area (Å²) in [6, 6.07) is 25.1. The predicted molar refractivity (Wildman–Crippen MR) is 174 cm³/mol. The molecule has 0 aromatic heterocycles. The molecule has 4 aliphatic carbocycles. The molecule has 2 heterocycles. The predicted octanol–water partition coefficient (Wildman–Crippen LogP) is 6.07. The first-order valence-electron chi connectivity index (χ1n) is 17.1. The van der Waals surface area contributed by atoms with Crippen molar-refractivity contribution in [1.29, 1.82) is 0 Å². The number of carbonyl (C=O) groups is 1. The van der Waals surface area contributed by atoms with Crippen LogP contribution in [0.1, 0.15) is 80.0 Å². The Kier molecular flexibility index (Phi) is 6.80. The summed E-state index contributed by atoms with van der Waals surface area (Å²) in [6.45, 7) is 1.81. The summed E-state index contributed by atoms with van der Waals surface area (Å²) in [6.07, 6.45) is 6.96. The van der Waals surface area contributed by atoms with Crippen LogP contribution in [0.4, 0.5) is 0 Å². The number of rotatable bonds is 8. The van der Waals surface area contributed by atoms with Crippen molar-refractivity contribution < 1.29 is 27.2 Å². The average molecular weight is 640 g/mol. The molecule has 0 amide bonds. The van der Waals surface area contributed by atoms with Gasteiger partial charge in [0.1, 0.15) is 5.60 Å².